The number of hydrogen-bond donors (Lipinski definition) is 0. The molecule has 108 valence electrons. The monoisotopic (exact) mass is 291 g/mol. The van der Waals surface area contributed by atoms with E-state index < -0.39 is 12.1 Å². The second kappa shape index (κ2) is 4.62. The van der Waals surface area contributed by atoms with Crippen LogP contribution in [0.5, 0.6) is 0 Å². The molecule has 0 spiro atoms. The SMILES string of the molecule is CN(C(=O)C(F)(F)F)c1ccc2c(c1)Cc1ccccc1-2. The fourth-order valence-corrected chi connectivity index (χ4v) is 2.65. The van der Waals surface area contributed by atoms with E-state index in [1.54, 1.807) is 18.2 Å². The highest BCUT2D eigenvalue weighted by molar-refractivity contribution is 5.97. The molecule has 0 saturated carbocycles. The van der Waals surface area contributed by atoms with E-state index in [4.69, 9.17) is 0 Å². The lowest BCUT2D eigenvalue weighted by Crippen LogP contribution is -2.38. The first-order chi connectivity index (χ1) is 9.88. The van der Waals surface area contributed by atoms with E-state index in [0.29, 0.717) is 11.3 Å². The van der Waals surface area contributed by atoms with Crippen molar-refractivity contribution in [3.05, 3.63) is 53.6 Å². The van der Waals surface area contributed by atoms with Crippen molar-refractivity contribution in [3.63, 3.8) is 0 Å². The van der Waals surface area contributed by atoms with Crippen LogP contribution >= 0.6 is 0 Å². The van der Waals surface area contributed by atoms with Gasteiger partial charge in [-0.2, -0.15) is 13.2 Å². The highest BCUT2D eigenvalue weighted by Crippen LogP contribution is 2.38. The number of carbonyl (C=O) groups excluding carboxylic acids is 1. The fraction of sp³-hybridized carbons (Fsp3) is 0.188. The summed E-state index contributed by atoms with van der Waals surface area (Å²) in [6.07, 6.45) is -4.19. The lowest BCUT2D eigenvalue weighted by molar-refractivity contribution is -0.170. The molecule has 0 unspecified atom stereocenters. The summed E-state index contributed by atoms with van der Waals surface area (Å²) in [5.74, 6) is -1.86. The second-order valence-corrected chi connectivity index (χ2v) is 5.04. The van der Waals surface area contributed by atoms with Crippen molar-refractivity contribution >= 4 is 11.6 Å². The summed E-state index contributed by atoms with van der Waals surface area (Å²) >= 11 is 0. The van der Waals surface area contributed by atoms with Gasteiger partial charge in [-0.15, -0.1) is 0 Å². The van der Waals surface area contributed by atoms with Crippen molar-refractivity contribution in [2.45, 2.75) is 12.6 Å². The Morgan fingerprint density at radius 2 is 1.71 bits per heavy atom. The molecular formula is C16H12F3NO. The van der Waals surface area contributed by atoms with Gasteiger partial charge in [0, 0.05) is 12.7 Å². The van der Waals surface area contributed by atoms with Crippen molar-refractivity contribution in [1.82, 2.24) is 0 Å². The predicted molar refractivity (Wildman–Crippen MR) is 74.1 cm³/mol. The summed E-state index contributed by atoms with van der Waals surface area (Å²) in [6.45, 7) is 0. The molecule has 0 aliphatic heterocycles. The van der Waals surface area contributed by atoms with Crippen molar-refractivity contribution in [3.8, 4) is 11.1 Å². The van der Waals surface area contributed by atoms with Gasteiger partial charge < -0.3 is 4.90 Å². The molecule has 0 radical (unpaired) electrons. The minimum Gasteiger partial charge on any atom is -0.308 e. The molecule has 1 amide bonds. The van der Waals surface area contributed by atoms with Crippen LogP contribution in [0.1, 0.15) is 11.1 Å². The third-order valence-corrected chi connectivity index (χ3v) is 3.71. The average molecular weight is 291 g/mol. The number of carbonyl (C=O) groups is 1. The van der Waals surface area contributed by atoms with Crippen LogP contribution in [0.2, 0.25) is 0 Å². The van der Waals surface area contributed by atoms with Crippen LogP contribution in [-0.4, -0.2) is 19.1 Å². The number of rotatable bonds is 1. The molecule has 5 heteroatoms. The average Bonchev–Trinajstić information content (AvgIpc) is 2.82. The molecule has 0 saturated heterocycles. The van der Waals surface area contributed by atoms with Gasteiger partial charge in [0.2, 0.25) is 0 Å². The molecule has 0 bridgehead atoms. The molecular weight excluding hydrogens is 279 g/mol. The lowest BCUT2D eigenvalue weighted by atomic mass is 10.1. The van der Waals surface area contributed by atoms with Crippen LogP contribution in [0.4, 0.5) is 18.9 Å². The zero-order valence-electron chi connectivity index (χ0n) is 11.2. The van der Waals surface area contributed by atoms with E-state index in [1.165, 1.54) is 0 Å². The molecule has 0 aromatic heterocycles. The van der Waals surface area contributed by atoms with Crippen molar-refractivity contribution in [2.75, 3.05) is 11.9 Å². The molecule has 0 N–H and O–H groups in total. The highest BCUT2D eigenvalue weighted by Gasteiger charge is 2.41. The number of nitrogens with zero attached hydrogens (tertiary/aromatic N) is 1. The molecule has 2 aromatic carbocycles. The Morgan fingerprint density at radius 1 is 1.05 bits per heavy atom. The van der Waals surface area contributed by atoms with Crippen molar-refractivity contribution in [1.29, 1.82) is 0 Å². The van der Waals surface area contributed by atoms with Crippen molar-refractivity contribution < 1.29 is 18.0 Å². The first-order valence-electron chi connectivity index (χ1n) is 6.44. The van der Waals surface area contributed by atoms with E-state index in [0.717, 1.165) is 29.3 Å². The van der Waals surface area contributed by atoms with E-state index in [-0.39, 0.29) is 5.69 Å². The first-order valence-corrected chi connectivity index (χ1v) is 6.44. The molecule has 1 aliphatic rings. The Morgan fingerprint density at radius 3 is 2.43 bits per heavy atom. The van der Waals surface area contributed by atoms with E-state index in [1.807, 2.05) is 24.3 Å². The van der Waals surface area contributed by atoms with E-state index in [2.05, 4.69) is 0 Å². The standard InChI is InChI=1S/C16H12F3NO/c1-20(15(21)16(17,18)19)12-6-7-14-11(9-12)8-10-4-2-3-5-13(10)14/h2-7,9H,8H2,1H3. The summed E-state index contributed by atoms with van der Waals surface area (Å²) in [6, 6.07) is 12.8. The first kappa shape index (κ1) is 13.7. The summed E-state index contributed by atoms with van der Waals surface area (Å²) < 4.78 is 37.4. The van der Waals surface area contributed by atoms with E-state index in [9.17, 15) is 18.0 Å². The van der Waals surface area contributed by atoms with Gasteiger partial charge in [0.25, 0.3) is 0 Å². The number of halogens is 3. The summed E-state index contributed by atoms with van der Waals surface area (Å²) in [5.41, 5.74) is 4.46. The smallest absolute Gasteiger partial charge is 0.308 e. The number of fused-ring (bicyclic) bond motifs is 3. The zero-order chi connectivity index (χ0) is 15.2. The number of alkyl halides is 3. The largest absolute Gasteiger partial charge is 0.471 e. The van der Waals surface area contributed by atoms with Crippen LogP contribution in [0, 0.1) is 0 Å². The van der Waals surface area contributed by atoms with Gasteiger partial charge in [-0.05, 0) is 40.8 Å². The number of anilines is 1. The Hall–Kier alpha value is -2.30. The van der Waals surface area contributed by atoms with Crippen LogP contribution < -0.4 is 4.90 Å². The van der Waals surface area contributed by atoms with Gasteiger partial charge in [0.1, 0.15) is 0 Å². The topological polar surface area (TPSA) is 20.3 Å². The van der Waals surface area contributed by atoms with Gasteiger partial charge in [0.15, 0.2) is 0 Å². The Balaban J connectivity index is 1.96. The van der Waals surface area contributed by atoms with Gasteiger partial charge in [-0.25, -0.2) is 0 Å². The minimum absolute atomic E-state index is 0.254. The number of benzene rings is 2. The molecule has 0 heterocycles. The molecule has 0 fully saturated rings. The Labute approximate surface area is 119 Å². The third-order valence-electron chi connectivity index (χ3n) is 3.71. The Kier molecular flexibility index (Phi) is 3.01. The summed E-state index contributed by atoms with van der Waals surface area (Å²) in [7, 11) is 1.14. The fourth-order valence-electron chi connectivity index (χ4n) is 2.65. The van der Waals surface area contributed by atoms with E-state index >= 15 is 0 Å². The Bertz CT molecular complexity index is 722. The predicted octanol–water partition coefficient (Wildman–Crippen LogP) is 3.78. The van der Waals surface area contributed by atoms with Gasteiger partial charge in [-0.3, -0.25) is 4.79 Å². The zero-order valence-corrected chi connectivity index (χ0v) is 11.2. The second-order valence-electron chi connectivity index (χ2n) is 5.04. The molecule has 1 aliphatic carbocycles. The number of amides is 1. The van der Waals surface area contributed by atoms with Crippen LogP contribution in [0.3, 0.4) is 0 Å². The summed E-state index contributed by atoms with van der Waals surface area (Å²) in [4.78, 5) is 11.9. The molecule has 0 atom stereocenters. The highest BCUT2D eigenvalue weighted by atomic mass is 19.4. The van der Waals surface area contributed by atoms with Gasteiger partial charge >= 0.3 is 12.1 Å². The maximum absolute atomic E-state index is 12.5. The lowest BCUT2D eigenvalue weighted by Gasteiger charge is -2.19. The maximum atomic E-state index is 12.5. The van der Waals surface area contributed by atoms with Gasteiger partial charge in [0.05, 0.1) is 0 Å². The van der Waals surface area contributed by atoms with Crippen LogP contribution in [0.15, 0.2) is 42.5 Å². The number of hydrogen-bond acceptors (Lipinski definition) is 1. The maximum Gasteiger partial charge on any atom is 0.471 e. The molecule has 21 heavy (non-hydrogen) atoms. The van der Waals surface area contributed by atoms with Crippen LogP contribution in [-0.2, 0) is 11.2 Å². The normalized spacial score (nSPS) is 12.8. The van der Waals surface area contributed by atoms with Crippen LogP contribution in [0.25, 0.3) is 11.1 Å². The third kappa shape index (κ3) is 2.28. The quantitative estimate of drug-likeness (QED) is 0.668. The molecule has 2 aromatic rings. The molecule has 3 rings (SSSR count). The summed E-state index contributed by atoms with van der Waals surface area (Å²) in [5, 5.41) is 0. The molecule has 2 nitrogen and oxygen atoms in total. The van der Waals surface area contributed by atoms with Gasteiger partial charge in [-0.1, -0.05) is 30.3 Å². The van der Waals surface area contributed by atoms with Crippen molar-refractivity contribution in [2.24, 2.45) is 0 Å². The minimum atomic E-state index is -4.86.